The molecule has 0 aliphatic carbocycles. The van der Waals surface area contributed by atoms with Gasteiger partial charge in [-0.3, -0.25) is 9.69 Å². The van der Waals surface area contributed by atoms with Gasteiger partial charge in [0.1, 0.15) is 17.9 Å². The molecule has 132 valence electrons. The van der Waals surface area contributed by atoms with Gasteiger partial charge in [-0.05, 0) is 19.4 Å². The van der Waals surface area contributed by atoms with Crippen molar-refractivity contribution < 1.29 is 5.11 Å². The van der Waals surface area contributed by atoms with Crippen LogP contribution < -0.4 is 5.56 Å². The number of aryl methyl sites for hydroxylation is 1. The van der Waals surface area contributed by atoms with Crippen molar-refractivity contribution in [2.45, 2.75) is 26.4 Å². The number of aromatic amines is 1. The highest BCUT2D eigenvalue weighted by molar-refractivity contribution is 5.52. The third-order valence-corrected chi connectivity index (χ3v) is 4.62. The Labute approximate surface area is 150 Å². The number of H-pyrrole nitrogens is 1. The summed E-state index contributed by atoms with van der Waals surface area (Å²) in [5.74, 6) is 0.775. The lowest BCUT2D eigenvalue weighted by molar-refractivity contribution is 0.237. The van der Waals surface area contributed by atoms with Gasteiger partial charge in [-0.1, -0.05) is 17.7 Å². The molecule has 26 heavy (non-hydrogen) atoms. The van der Waals surface area contributed by atoms with Gasteiger partial charge in [-0.25, -0.2) is 15.0 Å². The van der Waals surface area contributed by atoms with Crippen LogP contribution in [0.5, 0.6) is 5.75 Å². The lowest BCUT2D eigenvalue weighted by atomic mass is 10.0. The predicted octanol–water partition coefficient (Wildman–Crippen LogP) is 1.80. The van der Waals surface area contributed by atoms with Crippen LogP contribution in [-0.2, 0) is 19.5 Å². The van der Waals surface area contributed by atoms with Crippen molar-refractivity contribution in [3.63, 3.8) is 0 Å². The van der Waals surface area contributed by atoms with E-state index >= 15 is 0 Å². The van der Waals surface area contributed by atoms with Gasteiger partial charge < -0.3 is 10.1 Å². The smallest absolute Gasteiger partial charge is 0.254 e. The predicted molar refractivity (Wildman–Crippen MR) is 96.5 cm³/mol. The summed E-state index contributed by atoms with van der Waals surface area (Å²) in [6, 6.07) is 5.60. The number of aromatic nitrogens is 4. The number of benzene rings is 1. The molecule has 0 bridgehead atoms. The SMILES string of the molecule is Cc1ccc(O)c(CN2CCc3c(nc(-c4cncnc4)[nH]c3=O)C2)c1. The number of nitrogens with one attached hydrogen (secondary N) is 1. The standard InChI is InChI=1S/C19H19N5O2/c1-12-2-3-17(25)13(6-12)9-24-5-4-15-16(10-24)22-18(23-19(15)26)14-7-20-11-21-8-14/h2-3,6-8,11,25H,4-5,9-10H2,1H3,(H,22,23,26). The maximum atomic E-state index is 12.4. The number of fused-ring (bicyclic) bond motifs is 1. The van der Waals surface area contributed by atoms with E-state index in [1.807, 2.05) is 19.1 Å². The molecule has 0 atom stereocenters. The molecule has 0 unspecified atom stereocenters. The number of phenolic OH excluding ortho intramolecular Hbond substituents is 1. The van der Waals surface area contributed by atoms with Gasteiger partial charge in [-0.2, -0.15) is 0 Å². The quantitative estimate of drug-likeness (QED) is 0.749. The van der Waals surface area contributed by atoms with E-state index < -0.39 is 0 Å². The van der Waals surface area contributed by atoms with E-state index in [9.17, 15) is 9.90 Å². The second kappa shape index (κ2) is 6.68. The van der Waals surface area contributed by atoms with Crippen molar-refractivity contribution in [3.8, 4) is 17.1 Å². The van der Waals surface area contributed by atoms with E-state index in [-0.39, 0.29) is 5.56 Å². The Morgan fingerprint density at radius 1 is 1.27 bits per heavy atom. The van der Waals surface area contributed by atoms with Crippen LogP contribution in [0.3, 0.4) is 0 Å². The van der Waals surface area contributed by atoms with Crippen LogP contribution in [0.2, 0.25) is 0 Å². The average Bonchev–Trinajstić information content (AvgIpc) is 2.65. The number of phenols is 1. The Balaban J connectivity index is 1.62. The van der Waals surface area contributed by atoms with E-state index in [2.05, 4.69) is 24.8 Å². The first-order valence-corrected chi connectivity index (χ1v) is 8.48. The molecule has 4 rings (SSSR count). The molecular weight excluding hydrogens is 330 g/mol. The van der Waals surface area contributed by atoms with Crippen molar-refractivity contribution in [1.82, 2.24) is 24.8 Å². The number of hydrogen-bond acceptors (Lipinski definition) is 6. The summed E-state index contributed by atoms with van der Waals surface area (Å²) in [6.07, 6.45) is 5.33. The first-order valence-electron chi connectivity index (χ1n) is 8.48. The largest absolute Gasteiger partial charge is 0.508 e. The minimum atomic E-state index is -0.105. The van der Waals surface area contributed by atoms with Crippen molar-refractivity contribution in [1.29, 1.82) is 0 Å². The zero-order valence-electron chi connectivity index (χ0n) is 14.4. The second-order valence-corrected chi connectivity index (χ2v) is 6.56. The van der Waals surface area contributed by atoms with Crippen molar-refractivity contribution >= 4 is 0 Å². The van der Waals surface area contributed by atoms with Gasteiger partial charge in [0.05, 0.1) is 11.3 Å². The van der Waals surface area contributed by atoms with Gasteiger partial charge in [0.15, 0.2) is 0 Å². The Hall–Kier alpha value is -3.06. The highest BCUT2D eigenvalue weighted by Gasteiger charge is 2.22. The summed E-state index contributed by atoms with van der Waals surface area (Å²) in [4.78, 5) is 30.0. The van der Waals surface area contributed by atoms with Gasteiger partial charge in [0.25, 0.3) is 5.56 Å². The maximum Gasteiger partial charge on any atom is 0.254 e. The molecule has 0 saturated carbocycles. The third kappa shape index (κ3) is 3.21. The summed E-state index contributed by atoms with van der Waals surface area (Å²) in [5, 5.41) is 10.1. The van der Waals surface area contributed by atoms with Crippen LogP contribution in [-0.4, -0.2) is 36.5 Å². The molecular formula is C19H19N5O2. The lowest BCUT2D eigenvalue weighted by Crippen LogP contribution is -2.35. The Kier molecular flexibility index (Phi) is 4.22. The summed E-state index contributed by atoms with van der Waals surface area (Å²) in [5.41, 5.74) is 4.07. The van der Waals surface area contributed by atoms with Crippen LogP contribution in [0, 0.1) is 6.92 Å². The summed E-state index contributed by atoms with van der Waals surface area (Å²) in [7, 11) is 0. The number of hydrogen-bond donors (Lipinski definition) is 2. The van der Waals surface area contributed by atoms with Gasteiger partial charge in [0, 0.05) is 43.2 Å². The summed E-state index contributed by atoms with van der Waals surface area (Å²) in [6.45, 7) is 3.93. The lowest BCUT2D eigenvalue weighted by Gasteiger charge is -2.28. The molecule has 0 spiro atoms. The van der Waals surface area contributed by atoms with Crippen LogP contribution in [0.1, 0.15) is 22.4 Å². The number of nitrogens with zero attached hydrogens (tertiary/aromatic N) is 4. The highest BCUT2D eigenvalue weighted by Crippen LogP contribution is 2.23. The minimum absolute atomic E-state index is 0.105. The van der Waals surface area contributed by atoms with E-state index in [0.717, 1.165) is 28.9 Å². The van der Waals surface area contributed by atoms with Crippen molar-refractivity contribution in [2.75, 3.05) is 6.54 Å². The molecule has 2 aromatic heterocycles. The fraction of sp³-hybridized carbons (Fsp3) is 0.263. The molecule has 0 radical (unpaired) electrons. The normalized spacial score (nSPS) is 14.2. The van der Waals surface area contributed by atoms with Crippen LogP contribution in [0.25, 0.3) is 11.4 Å². The second-order valence-electron chi connectivity index (χ2n) is 6.56. The number of rotatable bonds is 3. The monoisotopic (exact) mass is 349 g/mol. The molecule has 1 aromatic carbocycles. The van der Waals surface area contributed by atoms with Gasteiger partial charge >= 0.3 is 0 Å². The first-order chi connectivity index (χ1) is 12.6. The Bertz CT molecular complexity index is 1000. The van der Waals surface area contributed by atoms with E-state index in [4.69, 9.17) is 0 Å². The third-order valence-electron chi connectivity index (χ3n) is 4.62. The molecule has 3 aromatic rings. The van der Waals surface area contributed by atoms with Crippen molar-refractivity contribution in [2.24, 2.45) is 0 Å². The average molecular weight is 349 g/mol. The molecule has 7 nitrogen and oxygen atoms in total. The van der Waals surface area contributed by atoms with Gasteiger partial charge in [-0.15, -0.1) is 0 Å². The molecule has 0 saturated heterocycles. The fourth-order valence-corrected chi connectivity index (χ4v) is 3.27. The molecule has 2 N–H and O–H groups in total. The summed E-state index contributed by atoms with van der Waals surface area (Å²) < 4.78 is 0. The van der Waals surface area contributed by atoms with Crippen LogP contribution in [0.4, 0.5) is 0 Å². The van der Waals surface area contributed by atoms with Crippen LogP contribution >= 0.6 is 0 Å². The zero-order chi connectivity index (χ0) is 18.1. The van der Waals surface area contributed by atoms with E-state index in [1.54, 1.807) is 18.5 Å². The van der Waals surface area contributed by atoms with Gasteiger partial charge in [0.2, 0.25) is 0 Å². The Morgan fingerprint density at radius 3 is 2.88 bits per heavy atom. The molecule has 0 fully saturated rings. The summed E-state index contributed by atoms with van der Waals surface area (Å²) >= 11 is 0. The zero-order valence-corrected chi connectivity index (χ0v) is 14.4. The topological polar surface area (TPSA) is 95.0 Å². The molecule has 1 aliphatic heterocycles. The van der Waals surface area contributed by atoms with E-state index in [1.165, 1.54) is 6.33 Å². The van der Waals surface area contributed by atoms with E-state index in [0.29, 0.717) is 36.6 Å². The molecule has 3 heterocycles. The Morgan fingerprint density at radius 2 is 2.08 bits per heavy atom. The first kappa shape index (κ1) is 16.4. The fourth-order valence-electron chi connectivity index (χ4n) is 3.27. The minimum Gasteiger partial charge on any atom is -0.508 e. The molecule has 7 heteroatoms. The molecule has 1 aliphatic rings. The number of aromatic hydroxyl groups is 1. The maximum absolute atomic E-state index is 12.4. The van der Waals surface area contributed by atoms with Crippen molar-refractivity contribution in [3.05, 3.63) is 69.7 Å². The van der Waals surface area contributed by atoms with Crippen LogP contribution in [0.15, 0.2) is 41.7 Å². The highest BCUT2D eigenvalue weighted by atomic mass is 16.3. The molecule has 0 amide bonds.